The van der Waals surface area contributed by atoms with Gasteiger partial charge < -0.3 is 14.8 Å². The van der Waals surface area contributed by atoms with Gasteiger partial charge in [-0.1, -0.05) is 74.5 Å². The number of ether oxygens (including phenoxy) is 2. The number of esters is 1. The molecule has 7 heteroatoms. The van der Waals surface area contributed by atoms with Gasteiger partial charge in [0, 0.05) is 25.6 Å². The number of rotatable bonds is 15. The highest BCUT2D eigenvalue weighted by Crippen LogP contribution is 2.14. The van der Waals surface area contributed by atoms with Gasteiger partial charge in [-0.15, -0.1) is 0 Å². The molecule has 2 rings (SSSR count). The van der Waals surface area contributed by atoms with Crippen LogP contribution in [-0.2, 0) is 27.1 Å². The highest BCUT2D eigenvalue weighted by molar-refractivity contribution is 5.76. The number of methoxy groups -OCH3 is 1. The molecule has 0 aliphatic rings. The zero-order valence-corrected chi connectivity index (χ0v) is 24.0. The summed E-state index contributed by atoms with van der Waals surface area (Å²) in [6.45, 7) is 11.1. The van der Waals surface area contributed by atoms with E-state index in [-0.39, 0.29) is 12.0 Å². The van der Waals surface area contributed by atoms with Crippen LogP contribution in [-0.4, -0.2) is 55.0 Å². The van der Waals surface area contributed by atoms with Crippen LogP contribution in [0, 0.1) is 5.92 Å². The lowest BCUT2D eigenvalue weighted by molar-refractivity contribution is -0.148. The van der Waals surface area contributed by atoms with Gasteiger partial charge in [-0.3, -0.25) is 10.2 Å². The second kappa shape index (κ2) is 16.1. The smallest absolute Gasteiger partial charge is 0.407 e. The number of hydrogen-bond acceptors (Lipinski definition) is 6. The lowest BCUT2D eigenvalue weighted by Crippen LogP contribution is -2.55. The van der Waals surface area contributed by atoms with E-state index in [4.69, 9.17) is 9.47 Å². The van der Waals surface area contributed by atoms with Crippen LogP contribution in [0.1, 0.15) is 65.0 Å². The number of amides is 1. The fourth-order valence-corrected chi connectivity index (χ4v) is 4.22. The monoisotopic (exact) mass is 525 g/mol. The van der Waals surface area contributed by atoms with Gasteiger partial charge in [0.05, 0.1) is 7.11 Å². The quantitative estimate of drug-likeness (QED) is 0.235. The van der Waals surface area contributed by atoms with Gasteiger partial charge in [-0.05, 0) is 63.5 Å². The SMILES string of the molecule is COC(=O)[C@H](Cc1ccccc1)N(CCCC(C)C)NC[C@H](CCc1ccccc1)NC(=O)OC(C)(C)C. The summed E-state index contributed by atoms with van der Waals surface area (Å²) in [5.74, 6) is 0.279. The number of nitrogens with zero attached hydrogens (tertiary/aromatic N) is 1. The van der Waals surface area contributed by atoms with Crippen molar-refractivity contribution in [2.75, 3.05) is 20.2 Å². The highest BCUT2D eigenvalue weighted by atomic mass is 16.6. The summed E-state index contributed by atoms with van der Waals surface area (Å²) in [5.41, 5.74) is 5.17. The number of nitrogens with one attached hydrogen (secondary N) is 2. The predicted molar refractivity (Wildman–Crippen MR) is 153 cm³/mol. The Morgan fingerprint density at radius 2 is 1.53 bits per heavy atom. The number of carbonyl (C=O) groups excluding carboxylic acids is 2. The van der Waals surface area contributed by atoms with Crippen molar-refractivity contribution in [3.63, 3.8) is 0 Å². The Balaban J connectivity index is 2.19. The zero-order valence-electron chi connectivity index (χ0n) is 24.0. The average Bonchev–Trinajstić information content (AvgIpc) is 2.87. The molecular formula is C31H47N3O4. The van der Waals surface area contributed by atoms with Crippen LogP contribution in [0.15, 0.2) is 60.7 Å². The molecule has 0 fully saturated rings. The van der Waals surface area contributed by atoms with Crippen molar-refractivity contribution in [3.05, 3.63) is 71.8 Å². The van der Waals surface area contributed by atoms with E-state index in [0.717, 1.165) is 31.2 Å². The molecule has 1 amide bonds. The lowest BCUT2D eigenvalue weighted by atomic mass is 10.0. The van der Waals surface area contributed by atoms with Crippen LogP contribution in [0.25, 0.3) is 0 Å². The maximum absolute atomic E-state index is 13.0. The van der Waals surface area contributed by atoms with Crippen LogP contribution in [0.3, 0.4) is 0 Å². The Labute approximate surface area is 229 Å². The van der Waals surface area contributed by atoms with Gasteiger partial charge in [-0.25, -0.2) is 9.80 Å². The Kier molecular flexibility index (Phi) is 13.3. The van der Waals surface area contributed by atoms with E-state index in [9.17, 15) is 9.59 Å². The minimum absolute atomic E-state index is 0.201. The number of benzene rings is 2. The summed E-state index contributed by atoms with van der Waals surface area (Å²) in [4.78, 5) is 25.6. The normalized spacial score (nSPS) is 13.3. The van der Waals surface area contributed by atoms with Crippen LogP contribution in [0.5, 0.6) is 0 Å². The van der Waals surface area contributed by atoms with E-state index in [1.54, 1.807) is 0 Å². The molecule has 0 saturated heterocycles. The largest absolute Gasteiger partial charge is 0.468 e. The molecule has 0 saturated carbocycles. The maximum atomic E-state index is 13.0. The molecule has 0 unspecified atom stereocenters. The zero-order chi connectivity index (χ0) is 28.0. The van der Waals surface area contributed by atoms with Crippen molar-refractivity contribution >= 4 is 12.1 Å². The molecule has 0 radical (unpaired) electrons. The summed E-state index contributed by atoms with van der Waals surface area (Å²) in [6.07, 6.45) is 3.58. The van der Waals surface area contributed by atoms with Gasteiger partial charge in [0.1, 0.15) is 11.6 Å². The Hall–Kier alpha value is -2.90. The number of carbonyl (C=O) groups is 2. The molecule has 0 aromatic heterocycles. The minimum atomic E-state index is -0.587. The molecule has 2 aromatic carbocycles. The molecule has 2 aromatic rings. The fraction of sp³-hybridized carbons (Fsp3) is 0.548. The average molecular weight is 526 g/mol. The van der Waals surface area contributed by atoms with E-state index in [1.807, 2.05) is 74.3 Å². The Bertz CT molecular complexity index is 945. The maximum Gasteiger partial charge on any atom is 0.407 e. The molecule has 0 aliphatic carbocycles. The first-order valence-corrected chi connectivity index (χ1v) is 13.7. The minimum Gasteiger partial charge on any atom is -0.468 e. The van der Waals surface area contributed by atoms with Crippen molar-refractivity contribution in [1.29, 1.82) is 0 Å². The number of hydrazine groups is 1. The summed E-state index contributed by atoms with van der Waals surface area (Å²) in [7, 11) is 1.43. The summed E-state index contributed by atoms with van der Waals surface area (Å²) < 4.78 is 10.7. The lowest BCUT2D eigenvalue weighted by Gasteiger charge is -2.33. The van der Waals surface area contributed by atoms with Gasteiger partial charge >= 0.3 is 12.1 Å². The van der Waals surface area contributed by atoms with Gasteiger partial charge in [0.25, 0.3) is 0 Å². The first-order chi connectivity index (χ1) is 18.1. The van der Waals surface area contributed by atoms with Crippen LogP contribution < -0.4 is 10.7 Å². The second-order valence-electron chi connectivity index (χ2n) is 11.2. The first kappa shape index (κ1) is 31.3. The third-order valence-corrected chi connectivity index (χ3v) is 6.19. The van der Waals surface area contributed by atoms with Gasteiger partial charge in [0.2, 0.25) is 0 Å². The number of aryl methyl sites for hydroxylation is 1. The van der Waals surface area contributed by atoms with Crippen molar-refractivity contribution in [2.24, 2.45) is 5.92 Å². The van der Waals surface area contributed by atoms with Crippen molar-refractivity contribution in [2.45, 2.75) is 84.4 Å². The van der Waals surface area contributed by atoms with Crippen LogP contribution >= 0.6 is 0 Å². The third kappa shape index (κ3) is 12.6. The second-order valence-corrected chi connectivity index (χ2v) is 11.2. The molecule has 2 N–H and O–H groups in total. The van der Waals surface area contributed by atoms with Crippen molar-refractivity contribution < 1.29 is 19.1 Å². The standard InChI is InChI=1S/C31H47N3O4/c1-24(2)14-13-21-34(28(29(35)37-6)22-26-17-11-8-12-18-26)32-23-27(33-30(36)38-31(3,4)5)20-19-25-15-9-7-10-16-25/h7-12,15-18,24,27-28,32H,13-14,19-23H2,1-6H3,(H,33,36)/t27-,28-/m0/s1. The van der Waals surface area contributed by atoms with Crippen LogP contribution in [0.4, 0.5) is 4.79 Å². The molecule has 38 heavy (non-hydrogen) atoms. The van der Waals surface area contributed by atoms with Crippen molar-refractivity contribution in [1.82, 2.24) is 15.8 Å². The summed E-state index contributed by atoms with van der Waals surface area (Å²) in [6, 6.07) is 19.5. The Morgan fingerprint density at radius 1 is 0.921 bits per heavy atom. The van der Waals surface area contributed by atoms with Gasteiger partial charge in [0.15, 0.2) is 0 Å². The van der Waals surface area contributed by atoms with Crippen LogP contribution in [0.2, 0.25) is 0 Å². The van der Waals surface area contributed by atoms with Crippen molar-refractivity contribution in [3.8, 4) is 0 Å². The summed E-state index contributed by atoms with van der Waals surface area (Å²) in [5, 5.41) is 5.03. The molecule has 0 aliphatic heterocycles. The number of alkyl carbamates (subject to hydrolysis) is 1. The molecule has 0 heterocycles. The third-order valence-electron chi connectivity index (χ3n) is 6.19. The first-order valence-electron chi connectivity index (χ1n) is 13.7. The molecule has 7 nitrogen and oxygen atoms in total. The highest BCUT2D eigenvalue weighted by Gasteiger charge is 2.28. The molecule has 2 atom stereocenters. The van der Waals surface area contributed by atoms with Gasteiger partial charge in [-0.2, -0.15) is 0 Å². The van der Waals surface area contributed by atoms with E-state index < -0.39 is 17.7 Å². The van der Waals surface area contributed by atoms with E-state index in [1.165, 1.54) is 12.7 Å². The molecule has 210 valence electrons. The Morgan fingerprint density at radius 3 is 2.08 bits per heavy atom. The topological polar surface area (TPSA) is 79.9 Å². The fourth-order valence-electron chi connectivity index (χ4n) is 4.22. The summed E-state index contributed by atoms with van der Waals surface area (Å²) >= 11 is 0. The molecular weight excluding hydrogens is 478 g/mol. The van der Waals surface area contributed by atoms with E-state index in [2.05, 4.69) is 36.7 Å². The van der Waals surface area contributed by atoms with E-state index >= 15 is 0 Å². The molecule has 0 bridgehead atoms. The number of hydrogen-bond donors (Lipinski definition) is 2. The predicted octanol–water partition coefficient (Wildman–Crippen LogP) is 5.54. The molecule has 0 spiro atoms. The van der Waals surface area contributed by atoms with E-state index in [0.29, 0.717) is 25.4 Å².